The van der Waals surface area contributed by atoms with Gasteiger partial charge in [0.25, 0.3) is 5.91 Å². The highest BCUT2D eigenvalue weighted by molar-refractivity contribution is 5.93. The zero-order valence-electron chi connectivity index (χ0n) is 14.6. The molecule has 0 unspecified atom stereocenters. The standard InChI is InChI=1S/C19H24N4O2/c1-13-3-2-4-18-20-16(10-23(13)18)19(24)21-7-8-22-15(9-21)11-25-12-17(22)14-5-6-14/h2-4,10,14-15,17H,5-9,11-12H2,1H3/t15-,17-/m1/s1. The van der Waals surface area contributed by atoms with Crippen molar-refractivity contribution in [1.82, 2.24) is 19.2 Å². The van der Waals surface area contributed by atoms with E-state index in [0.717, 1.165) is 50.1 Å². The minimum Gasteiger partial charge on any atom is -0.378 e. The monoisotopic (exact) mass is 340 g/mol. The van der Waals surface area contributed by atoms with E-state index in [1.807, 2.05) is 40.6 Å². The molecule has 3 fully saturated rings. The summed E-state index contributed by atoms with van der Waals surface area (Å²) in [6.45, 7) is 6.10. The zero-order valence-corrected chi connectivity index (χ0v) is 14.6. The van der Waals surface area contributed by atoms with Gasteiger partial charge < -0.3 is 14.0 Å². The van der Waals surface area contributed by atoms with Gasteiger partial charge in [-0.2, -0.15) is 0 Å². The van der Waals surface area contributed by atoms with Gasteiger partial charge in [0.05, 0.1) is 19.3 Å². The number of imidazole rings is 1. The number of hydrogen-bond acceptors (Lipinski definition) is 4. The molecule has 0 aromatic carbocycles. The first-order valence-electron chi connectivity index (χ1n) is 9.28. The second kappa shape index (κ2) is 5.81. The molecule has 1 amide bonds. The number of morpholine rings is 1. The molecule has 2 atom stereocenters. The highest BCUT2D eigenvalue weighted by Gasteiger charge is 2.43. The second-order valence-corrected chi connectivity index (χ2v) is 7.61. The lowest BCUT2D eigenvalue weighted by atomic mass is 10.0. The summed E-state index contributed by atoms with van der Waals surface area (Å²) in [4.78, 5) is 22.1. The molecule has 6 nitrogen and oxygen atoms in total. The van der Waals surface area contributed by atoms with Crippen molar-refractivity contribution in [2.45, 2.75) is 31.8 Å². The summed E-state index contributed by atoms with van der Waals surface area (Å²) in [5.41, 5.74) is 2.46. The summed E-state index contributed by atoms with van der Waals surface area (Å²) in [5, 5.41) is 0. The van der Waals surface area contributed by atoms with Crippen LogP contribution < -0.4 is 0 Å². The van der Waals surface area contributed by atoms with Gasteiger partial charge in [0.1, 0.15) is 11.3 Å². The van der Waals surface area contributed by atoms with Gasteiger partial charge in [0, 0.05) is 37.6 Å². The Balaban J connectivity index is 1.35. The molecule has 132 valence electrons. The molecular formula is C19H24N4O2. The van der Waals surface area contributed by atoms with Crippen LogP contribution in [0.15, 0.2) is 24.4 Å². The van der Waals surface area contributed by atoms with Crippen molar-refractivity contribution in [3.05, 3.63) is 35.8 Å². The number of aromatic nitrogens is 2. The maximum absolute atomic E-state index is 13.0. The van der Waals surface area contributed by atoms with Crippen LogP contribution in [-0.4, -0.2) is 70.0 Å². The van der Waals surface area contributed by atoms with Gasteiger partial charge in [0.2, 0.25) is 0 Å². The lowest BCUT2D eigenvalue weighted by Gasteiger charge is -2.48. The Labute approximate surface area is 147 Å². The molecule has 2 saturated heterocycles. The van der Waals surface area contributed by atoms with Gasteiger partial charge in [-0.1, -0.05) is 6.07 Å². The molecule has 1 aliphatic carbocycles. The van der Waals surface area contributed by atoms with Crippen LogP contribution in [0.3, 0.4) is 0 Å². The largest absolute Gasteiger partial charge is 0.378 e. The highest BCUT2D eigenvalue weighted by atomic mass is 16.5. The van der Waals surface area contributed by atoms with Crippen LogP contribution in [-0.2, 0) is 4.74 Å². The number of nitrogens with zero attached hydrogens (tertiary/aromatic N) is 4. The van der Waals surface area contributed by atoms with E-state index in [2.05, 4.69) is 9.88 Å². The zero-order chi connectivity index (χ0) is 17.0. The number of fused-ring (bicyclic) bond motifs is 2. The minimum absolute atomic E-state index is 0.0382. The van der Waals surface area contributed by atoms with E-state index >= 15 is 0 Å². The summed E-state index contributed by atoms with van der Waals surface area (Å²) in [6.07, 6.45) is 4.53. The van der Waals surface area contributed by atoms with Gasteiger partial charge in [-0.15, -0.1) is 0 Å². The minimum atomic E-state index is 0.0382. The van der Waals surface area contributed by atoms with E-state index in [0.29, 0.717) is 17.8 Å². The van der Waals surface area contributed by atoms with Crippen LogP contribution in [0.2, 0.25) is 0 Å². The van der Waals surface area contributed by atoms with Gasteiger partial charge >= 0.3 is 0 Å². The van der Waals surface area contributed by atoms with Crippen LogP contribution in [0.1, 0.15) is 29.0 Å². The maximum atomic E-state index is 13.0. The number of carbonyl (C=O) groups is 1. The van der Waals surface area contributed by atoms with Crippen LogP contribution in [0.25, 0.3) is 5.65 Å². The number of hydrogen-bond donors (Lipinski definition) is 0. The molecule has 6 heteroatoms. The van der Waals surface area contributed by atoms with Gasteiger partial charge in [-0.25, -0.2) is 4.98 Å². The smallest absolute Gasteiger partial charge is 0.274 e. The summed E-state index contributed by atoms with van der Waals surface area (Å²) >= 11 is 0. The van der Waals surface area contributed by atoms with Crippen molar-refractivity contribution in [3.63, 3.8) is 0 Å². The van der Waals surface area contributed by atoms with Gasteiger partial charge in [-0.3, -0.25) is 9.69 Å². The van der Waals surface area contributed by atoms with Crippen LogP contribution in [0.5, 0.6) is 0 Å². The number of piperazine rings is 1. The van der Waals surface area contributed by atoms with Crippen molar-refractivity contribution < 1.29 is 9.53 Å². The van der Waals surface area contributed by atoms with Crippen LogP contribution >= 0.6 is 0 Å². The molecule has 2 aromatic heterocycles. The van der Waals surface area contributed by atoms with E-state index in [4.69, 9.17) is 4.74 Å². The molecule has 2 aromatic rings. The average molecular weight is 340 g/mol. The Morgan fingerprint density at radius 2 is 2.12 bits per heavy atom. The Hall–Kier alpha value is -1.92. The first-order valence-corrected chi connectivity index (χ1v) is 9.28. The summed E-state index contributed by atoms with van der Waals surface area (Å²) in [6, 6.07) is 6.84. The lowest BCUT2D eigenvalue weighted by Crippen LogP contribution is -2.63. The third-order valence-electron chi connectivity index (χ3n) is 5.92. The normalized spacial score (nSPS) is 27.5. The molecular weight excluding hydrogens is 316 g/mol. The third-order valence-corrected chi connectivity index (χ3v) is 5.92. The van der Waals surface area contributed by atoms with Crippen molar-refractivity contribution in [3.8, 4) is 0 Å². The van der Waals surface area contributed by atoms with E-state index in [1.54, 1.807) is 0 Å². The van der Waals surface area contributed by atoms with Crippen molar-refractivity contribution >= 4 is 11.6 Å². The fourth-order valence-corrected chi connectivity index (χ4v) is 4.36. The first kappa shape index (κ1) is 15.3. The van der Waals surface area contributed by atoms with Crippen molar-refractivity contribution in [2.24, 2.45) is 5.92 Å². The Bertz CT molecular complexity index is 813. The third kappa shape index (κ3) is 2.64. The number of aryl methyl sites for hydroxylation is 1. The van der Waals surface area contributed by atoms with E-state index in [-0.39, 0.29) is 5.91 Å². The van der Waals surface area contributed by atoms with Gasteiger partial charge in [-0.05, 0) is 37.8 Å². The van der Waals surface area contributed by atoms with Crippen molar-refractivity contribution in [1.29, 1.82) is 0 Å². The van der Waals surface area contributed by atoms with E-state index in [9.17, 15) is 4.79 Å². The molecule has 5 rings (SSSR count). The summed E-state index contributed by atoms with van der Waals surface area (Å²) in [7, 11) is 0. The maximum Gasteiger partial charge on any atom is 0.274 e. The Kier molecular flexibility index (Phi) is 3.57. The number of carbonyl (C=O) groups excluding carboxylic acids is 1. The quantitative estimate of drug-likeness (QED) is 0.833. The lowest BCUT2D eigenvalue weighted by molar-refractivity contribution is -0.0816. The highest BCUT2D eigenvalue weighted by Crippen LogP contribution is 2.38. The topological polar surface area (TPSA) is 50.1 Å². The molecule has 0 spiro atoms. The fraction of sp³-hybridized carbons (Fsp3) is 0.579. The van der Waals surface area contributed by atoms with Crippen molar-refractivity contribution in [2.75, 3.05) is 32.8 Å². The average Bonchev–Trinajstić information content (AvgIpc) is 3.38. The first-order chi connectivity index (χ1) is 12.2. The Morgan fingerprint density at radius 3 is 2.92 bits per heavy atom. The Morgan fingerprint density at radius 1 is 1.24 bits per heavy atom. The number of amides is 1. The molecule has 1 saturated carbocycles. The number of ether oxygens (including phenoxy) is 1. The summed E-state index contributed by atoms with van der Waals surface area (Å²) in [5.74, 6) is 0.850. The molecule has 25 heavy (non-hydrogen) atoms. The fourth-order valence-electron chi connectivity index (χ4n) is 4.36. The van der Waals surface area contributed by atoms with Gasteiger partial charge in [0.15, 0.2) is 0 Å². The predicted octanol–water partition coefficient (Wildman–Crippen LogP) is 1.58. The van der Waals surface area contributed by atoms with Crippen LogP contribution in [0, 0.1) is 12.8 Å². The van der Waals surface area contributed by atoms with Crippen LogP contribution in [0.4, 0.5) is 0 Å². The molecule has 0 N–H and O–H groups in total. The van der Waals surface area contributed by atoms with E-state index < -0.39 is 0 Å². The summed E-state index contributed by atoms with van der Waals surface area (Å²) < 4.78 is 7.83. The van der Waals surface area contributed by atoms with E-state index in [1.165, 1.54) is 12.8 Å². The molecule has 2 aliphatic heterocycles. The molecule has 3 aliphatic rings. The molecule has 4 heterocycles. The molecule has 0 bridgehead atoms. The second-order valence-electron chi connectivity index (χ2n) is 7.61. The number of pyridine rings is 1. The SMILES string of the molecule is Cc1cccc2nc(C(=O)N3CCN4[C@@H](COC[C@@H]4C4CC4)C3)cn12. The predicted molar refractivity (Wildman–Crippen MR) is 93.7 cm³/mol. The number of rotatable bonds is 2. The molecule has 0 radical (unpaired) electrons.